The summed E-state index contributed by atoms with van der Waals surface area (Å²) in [7, 11) is 0. The topological polar surface area (TPSA) is 107 Å². The second-order valence-electron chi connectivity index (χ2n) is 5.82. The molecule has 1 aromatic carbocycles. The Labute approximate surface area is 152 Å². The third kappa shape index (κ3) is 5.16. The van der Waals surface area contributed by atoms with Crippen molar-refractivity contribution in [2.45, 2.75) is 32.1 Å². The molecule has 2 aromatic rings. The Morgan fingerprint density at radius 2 is 1.89 bits per heavy atom. The van der Waals surface area contributed by atoms with E-state index in [0.717, 1.165) is 10.8 Å². The molecule has 10 heteroatoms. The Kier molecular flexibility index (Phi) is 5.98. The zero-order chi connectivity index (χ0) is 20.2. The number of nitrogens with one attached hydrogen (secondary N) is 1. The molecule has 0 aliphatic carbocycles. The van der Waals surface area contributed by atoms with Crippen LogP contribution in [0.4, 0.5) is 18.9 Å². The summed E-state index contributed by atoms with van der Waals surface area (Å²) in [5, 5.41) is 2.06. The summed E-state index contributed by atoms with van der Waals surface area (Å²) in [5.41, 5.74) is 4.98. The molecule has 7 nitrogen and oxygen atoms in total. The number of benzene rings is 1. The van der Waals surface area contributed by atoms with Crippen LogP contribution in [0, 0.1) is 6.92 Å². The molecule has 0 bridgehead atoms. The number of halogens is 3. The Morgan fingerprint density at radius 3 is 2.48 bits per heavy atom. The van der Waals surface area contributed by atoms with Crippen LogP contribution in [-0.2, 0) is 22.6 Å². The smallest absolute Gasteiger partial charge is 0.393 e. The summed E-state index contributed by atoms with van der Waals surface area (Å²) < 4.78 is 39.6. The van der Waals surface area contributed by atoms with Crippen LogP contribution in [-0.4, -0.2) is 33.5 Å². The zero-order valence-corrected chi connectivity index (χ0v) is 14.3. The van der Waals surface area contributed by atoms with Crippen molar-refractivity contribution in [3.8, 4) is 0 Å². The van der Waals surface area contributed by atoms with Crippen molar-refractivity contribution >= 4 is 17.4 Å². The molecular weight excluding hydrogens is 365 g/mol. The number of amides is 1. The maximum atomic E-state index is 12.9. The molecule has 1 aromatic heterocycles. The van der Waals surface area contributed by atoms with Gasteiger partial charge in [0.2, 0.25) is 5.91 Å². The summed E-state index contributed by atoms with van der Waals surface area (Å²) in [6.07, 6.45) is -4.33. The number of hydrogen-bond donors (Lipinski definition) is 2. The van der Waals surface area contributed by atoms with Crippen molar-refractivity contribution in [3.05, 3.63) is 58.3 Å². The van der Waals surface area contributed by atoms with Gasteiger partial charge in [0, 0.05) is 6.42 Å². The van der Waals surface area contributed by atoms with Gasteiger partial charge in [0.05, 0.1) is 6.20 Å². The molecule has 0 radical (unpaired) electrons. The highest BCUT2D eigenvalue weighted by molar-refractivity contribution is 5.93. The monoisotopic (exact) mass is 382 g/mol. The minimum atomic E-state index is -5.11. The van der Waals surface area contributed by atoms with Crippen molar-refractivity contribution in [1.82, 2.24) is 14.9 Å². The zero-order valence-electron chi connectivity index (χ0n) is 14.3. The van der Waals surface area contributed by atoms with Crippen LogP contribution in [0.15, 0.2) is 41.3 Å². The number of carbonyl (C=O) groups excluding carboxylic acids is 2. The fourth-order valence-corrected chi connectivity index (χ4v) is 2.42. The summed E-state index contributed by atoms with van der Waals surface area (Å²) in [6.45, 7) is 0.829. The standard InChI is InChI=1S/C17H17F3N4O3/c1-10-22-8-12(21)16(27)24(10)9-14(25)23-13(15(26)17(18,19)20)7-11-5-3-2-4-6-11/h2-6,8,13H,7,9,21H2,1H3,(H,23,25). The highest BCUT2D eigenvalue weighted by Crippen LogP contribution is 2.20. The number of aromatic nitrogens is 2. The number of nitrogens with zero attached hydrogens (tertiary/aromatic N) is 2. The summed E-state index contributed by atoms with van der Waals surface area (Å²) >= 11 is 0. The molecule has 1 atom stereocenters. The Morgan fingerprint density at radius 1 is 1.26 bits per heavy atom. The molecule has 27 heavy (non-hydrogen) atoms. The third-order valence-corrected chi connectivity index (χ3v) is 3.79. The van der Waals surface area contributed by atoms with Gasteiger partial charge in [-0.25, -0.2) is 4.98 Å². The molecule has 0 saturated carbocycles. The Bertz CT molecular complexity index is 895. The van der Waals surface area contributed by atoms with E-state index in [-0.39, 0.29) is 17.9 Å². The predicted molar refractivity (Wildman–Crippen MR) is 90.8 cm³/mol. The average Bonchev–Trinajstić information content (AvgIpc) is 2.61. The van der Waals surface area contributed by atoms with E-state index in [1.807, 2.05) is 0 Å². The van der Waals surface area contributed by atoms with Gasteiger partial charge in [-0.15, -0.1) is 0 Å². The molecule has 0 aliphatic rings. The largest absolute Gasteiger partial charge is 0.452 e. The number of alkyl halides is 3. The number of anilines is 1. The molecule has 0 fully saturated rings. The van der Waals surface area contributed by atoms with Crippen molar-refractivity contribution in [1.29, 1.82) is 0 Å². The van der Waals surface area contributed by atoms with Crippen LogP contribution in [0.5, 0.6) is 0 Å². The lowest BCUT2D eigenvalue weighted by atomic mass is 10.0. The number of nitrogens with two attached hydrogens (primary N) is 1. The molecule has 0 saturated heterocycles. The summed E-state index contributed by atoms with van der Waals surface area (Å²) in [4.78, 5) is 39.7. The molecule has 1 heterocycles. The minimum absolute atomic E-state index is 0.158. The first kappa shape index (κ1) is 20.1. The van der Waals surface area contributed by atoms with Gasteiger partial charge < -0.3 is 11.1 Å². The van der Waals surface area contributed by atoms with E-state index in [1.165, 1.54) is 6.92 Å². The van der Waals surface area contributed by atoms with Crippen molar-refractivity contribution in [3.63, 3.8) is 0 Å². The van der Waals surface area contributed by atoms with Crippen LogP contribution in [0.1, 0.15) is 11.4 Å². The van der Waals surface area contributed by atoms with E-state index in [4.69, 9.17) is 5.73 Å². The van der Waals surface area contributed by atoms with Gasteiger partial charge in [-0.05, 0) is 12.5 Å². The average molecular weight is 382 g/mol. The van der Waals surface area contributed by atoms with E-state index in [1.54, 1.807) is 30.3 Å². The number of Topliss-reactive ketones (excluding diaryl/α,β-unsaturated/α-hetero) is 1. The van der Waals surface area contributed by atoms with Gasteiger partial charge in [0.1, 0.15) is 24.1 Å². The number of ketones is 1. The lowest BCUT2D eigenvalue weighted by Gasteiger charge is -2.20. The maximum Gasteiger partial charge on any atom is 0.452 e. The Balaban J connectivity index is 2.22. The lowest BCUT2D eigenvalue weighted by Crippen LogP contribution is -2.49. The Hall–Kier alpha value is -3.17. The van der Waals surface area contributed by atoms with E-state index in [0.29, 0.717) is 5.56 Å². The first-order valence-corrected chi connectivity index (χ1v) is 7.86. The van der Waals surface area contributed by atoms with Gasteiger partial charge in [-0.2, -0.15) is 13.2 Å². The molecule has 1 amide bonds. The van der Waals surface area contributed by atoms with Crippen molar-refractivity contribution < 1.29 is 22.8 Å². The molecular formula is C17H17F3N4O3. The summed E-state index contributed by atoms with van der Waals surface area (Å²) in [6, 6.07) is 6.15. The second-order valence-corrected chi connectivity index (χ2v) is 5.82. The molecule has 2 rings (SSSR count). The van der Waals surface area contributed by atoms with Gasteiger partial charge in [0.15, 0.2) is 0 Å². The fraction of sp³-hybridized carbons (Fsp3) is 0.294. The molecule has 144 valence electrons. The quantitative estimate of drug-likeness (QED) is 0.775. The predicted octanol–water partition coefficient (Wildman–Crippen LogP) is 0.993. The van der Waals surface area contributed by atoms with Crippen molar-refractivity contribution in [2.75, 3.05) is 5.73 Å². The van der Waals surface area contributed by atoms with Crippen LogP contribution in [0.2, 0.25) is 0 Å². The van der Waals surface area contributed by atoms with Gasteiger partial charge in [-0.1, -0.05) is 30.3 Å². The van der Waals surface area contributed by atoms with E-state index in [9.17, 15) is 27.6 Å². The summed E-state index contributed by atoms with van der Waals surface area (Å²) in [5.74, 6) is -2.85. The fourth-order valence-electron chi connectivity index (χ4n) is 2.42. The van der Waals surface area contributed by atoms with E-state index >= 15 is 0 Å². The number of rotatable bonds is 6. The highest BCUT2D eigenvalue weighted by atomic mass is 19.4. The number of carbonyl (C=O) groups is 2. The van der Waals surface area contributed by atoms with Gasteiger partial charge >= 0.3 is 6.18 Å². The van der Waals surface area contributed by atoms with Crippen LogP contribution >= 0.6 is 0 Å². The molecule has 0 spiro atoms. The van der Waals surface area contributed by atoms with E-state index in [2.05, 4.69) is 10.3 Å². The van der Waals surface area contributed by atoms with E-state index < -0.39 is 36.0 Å². The lowest BCUT2D eigenvalue weighted by molar-refractivity contribution is -0.173. The number of aryl methyl sites for hydroxylation is 1. The second kappa shape index (κ2) is 8.02. The molecule has 3 N–H and O–H groups in total. The van der Waals surface area contributed by atoms with Gasteiger partial charge in [0.25, 0.3) is 11.3 Å². The third-order valence-electron chi connectivity index (χ3n) is 3.79. The van der Waals surface area contributed by atoms with Crippen molar-refractivity contribution in [2.24, 2.45) is 0 Å². The van der Waals surface area contributed by atoms with Crippen LogP contribution in [0.3, 0.4) is 0 Å². The highest BCUT2D eigenvalue weighted by Gasteiger charge is 2.43. The van der Waals surface area contributed by atoms with Crippen LogP contribution in [0.25, 0.3) is 0 Å². The SMILES string of the molecule is Cc1ncc(N)c(=O)n1CC(=O)NC(Cc1ccccc1)C(=O)C(F)(F)F. The minimum Gasteiger partial charge on any atom is -0.393 e. The van der Waals surface area contributed by atoms with Crippen LogP contribution < -0.4 is 16.6 Å². The number of hydrogen-bond acceptors (Lipinski definition) is 5. The first-order chi connectivity index (χ1) is 12.6. The normalized spacial score (nSPS) is 12.4. The maximum absolute atomic E-state index is 12.9. The first-order valence-electron chi connectivity index (χ1n) is 7.86. The van der Waals surface area contributed by atoms with Gasteiger partial charge in [-0.3, -0.25) is 19.0 Å². The number of nitrogen functional groups attached to an aromatic ring is 1. The molecule has 0 aliphatic heterocycles. The molecule has 1 unspecified atom stereocenters.